The van der Waals surface area contributed by atoms with Gasteiger partial charge in [0.2, 0.25) is 0 Å². The number of nitrogens with zero attached hydrogens (tertiary/aromatic N) is 1. The van der Waals surface area contributed by atoms with Crippen LogP contribution in [0, 0.1) is 0 Å². The highest BCUT2D eigenvalue weighted by Gasteiger charge is 2.19. The largest absolute Gasteiger partial charge is 0.369 e. The lowest BCUT2D eigenvalue weighted by Gasteiger charge is -2.14. The molecule has 0 fully saturated rings. The van der Waals surface area contributed by atoms with Crippen LogP contribution in [0.3, 0.4) is 0 Å². The van der Waals surface area contributed by atoms with Crippen molar-refractivity contribution >= 4 is 27.5 Å². The summed E-state index contributed by atoms with van der Waals surface area (Å²) < 4.78 is 32.7. The van der Waals surface area contributed by atoms with E-state index in [0.717, 1.165) is 19.3 Å². The van der Waals surface area contributed by atoms with Crippen molar-refractivity contribution in [1.82, 2.24) is 4.72 Å². The number of carbonyl (C=O) groups excluding carboxylic acids is 1. The second-order valence-electron chi connectivity index (χ2n) is 5.92. The molecule has 8 heteroatoms. The average molecular weight is 367 g/mol. The van der Waals surface area contributed by atoms with Crippen molar-refractivity contribution in [1.29, 1.82) is 0 Å². The number of unbranched alkanes of at least 4 members (excludes halogenated alkanes) is 1. The fraction of sp³-hybridized carbons (Fsp3) is 0.529. The number of ether oxygens (including phenoxy) is 1. The first-order valence-corrected chi connectivity index (χ1v) is 9.99. The van der Waals surface area contributed by atoms with Crippen molar-refractivity contribution in [3.63, 3.8) is 0 Å². The van der Waals surface area contributed by atoms with Gasteiger partial charge in [0.05, 0.1) is 4.90 Å². The number of benzene rings is 1. The first-order valence-electron chi connectivity index (χ1n) is 8.51. The molecule has 1 heterocycles. The molecule has 0 bridgehead atoms. The van der Waals surface area contributed by atoms with E-state index in [0.29, 0.717) is 31.1 Å². The smallest absolute Gasteiger partial charge is 0.262 e. The number of anilines is 1. The summed E-state index contributed by atoms with van der Waals surface area (Å²) >= 11 is 0. The van der Waals surface area contributed by atoms with E-state index < -0.39 is 16.1 Å². The Morgan fingerprint density at radius 3 is 2.88 bits per heavy atom. The molecule has 25 heavy (non-hydrogen) atoms. The van der Waals surface area contributed by atoms with Crippen LogP contribution in [-0.2, 0) is 19.6 Å². The molecule has 0 aliphatic carbocycles. The monoisotopic (exact) mass is 367 g/mol. The lowest BCUT2D eigenvalue weighted by atomic mass is 10.3. The zero-order valence-corrected chi connectivity index (χ0v) is 15.4. The van der Waals surface area contributed by atoms with Crippen LogP contribution in [0.15, 0.2) is 34.2 Å². The van der Waals surface area contributed by atoms with Crippen molar-refractivity contribution in [2.45, 2.75) is 50.5 Å². The molecule has 1 atom stereocenters. The normalized spacial score (nSPS) is 15.5. The zero-order valence-electron chi connectivity index (χ0n) is 14.6. The highest BCUT2D eigenvalue weighted by Crippen LogP contribution is 2.17. The van der Waals surface area contributed by atoms with Crippen LogP contribution in [-0.4, -0.2) is 39.4 Å². The molecule has 1 unspecified atom stereocenters. The molecule has 1 aromatic carbocycles. The van der Waals surface area contributed by atoms with Crippen molar-refractivity contribution in [3.8, 4) is 0 Å². The topological polar surface area (TPSA) is 96.9 Å². The van der Waals surface area contributed by atoms with Gasteiger partial charge in [-0.2, -0.15) is 0 Å². The third-order valence-corrected chi connectivity index (χ3v) is 5.15. The van der Waals surface area contributed by atoms with Crippen molar-refractivity contribution in [2.24, 2.45) is 4.99 Å². The molecule has 1 amide bonds. The number of rotatable bonds is 8. The SMILES string of the molecule is CCCCOC(C)C(=O)Nc1cccc(S(=O)(=O)NC2=NCCC2)c1. The number of sulfonamides is 1. The Bertz CT molecular complexity index is 731. The van der Waals surface area contributed by atoms with Crippen molar-refractivity contribution < 1.29 is 17.9 Å². The van der Waals surface area contributed by atoms with Crippen LogP contribution in [0.25, 0.3) is 0 Å². The number of amidine groups is 1. The number of hydrogen-bond acceptors (Lipinski definition) is 5. The molecular formula is C17H25N3O4S. The number of carbonyl (C=O) groups is 1. The molecule has 138 valence electrons. The number of aliphatic imine (C=N–C) groups is 1. The van der Waals surface area contributed by atoms with E-state index >= 15 is 0 Å². The maximum Gasteiger partial charge on any atom is 0.262 e. The van der Waals surface area contributed by atoms with E-state index in [1.165, 1.54) is 12.1 Å². The molecule has 0 saturated heterocycles. The minimum atomic E-state index is -3.70. The molecule has 1 aliphatic rings. The Morgan fingerprint density at radius 1 is 1.40 bits per heavy atom. The third kappa shape index (κ3) is 5.82. The predicted octanol–water partition coefficient (Wildman–Crippen LogP) is 2.30. The lowest BCUT2D eigenvalue weighted by molar-refractivity contribution is -0.126. The van der Waals surface area contributed by atoms with E-state index in [-0.39, 0.29) is 10.8 Å². The fourth-order valence-electron chi connectivity index (χ4n) is 2.30. The van der Waals surface area contributed by atoms with Gasteiger partial charge in [-0.05, 0) is 38.0 Å². The Kier molecular flexibility index (Phi) is 6.95. The first-order chi connectivity index (χ1) is 11.9. The number of hydrogen-bond donors (Lipinski definition) is 2. The zero-order chi connectivity index (χ0) is 18.3. The van der Waals surface area contributed by atoms with E-state index in [9.17, 15) is 13.2 Å². The minimum absolute atomic E-state index is 0.0828. The summed E-state index contributed by atoms with van der Waals surface area (Å²) in [7, 11) is -3.70. The van der Waals surface area contributed by atoms with Crippen LogP contribution in [0.1, 0.15) is 39.5 Å². The maximum atomic E-state index is 12.4. The summed E-state index contributed by atoms with van der Waals surface area (Å²) in [5.74, 6) is 0.172. The fourth-order valence-corrected chi connectivity index (χ4v) is 3.44. The van der Waals surface area contributed by atoms with Gasteiger partial charge in [-0.25, -0.2) is 8.42 Å². The highest BCUT2D eigenvalue weighted by molar-refractivity contribution is 7.90. The molecule has 0 saturated carbocycles. The lowest BCUT2D eigenvalue weighted by Crippen LogP contribution is -2.30. The van der Waals surface area contributed by atoms with Gasteiger partial charge in [-0.15, -0.1) is 0 Å². The Balaban J connectivity index is 2.01. The third-order valence-electron chi connectivity index (χ3n) is 3.77. The Hall–Kier alpha value is -1.93. The standard InChI is InChI=1S/C17H25N3O4S/c1-3-4-11-24-13(2)17(21)19-14-7-5-8-15(12-14)25(22,23)20-16-9-6-10-18-16/h5,7-8,12-13H,3-4,6,9-11H2,1-2H3,(H,18,20)(H,19,21). The first kappa shape index (κ1) is 19.4. The molecule has 0 aromatic heterocycles. The van der Waals surface area contributed by atoms with E-state index in [1.54, 1.807) is 19.1 Å². The summed E-state index contributed by atoms with van der Waals surface area (Å²) in [5.41, 5.74) is 0.409. The summed E-state index contributed by atoms with van der Waals surface area (Å²) in [6, 6.07) is 6.13. The second kappa shape index (κ2) is 8.96. The summed E-state index contributed by atoms with van der Waals surface area (Å²) in [4.78, 5) is 16.3. The van der Waals surface area contributed by atoms with Crippen LogP contribution >= 0.6 is 0 Å². The van der Waals surface area contributed by atoms with Gasteiger partial charge < -0.3 is 10.1 Å². The van der Waals surface area contributed by atoms with Gasteiger partial charge in [0, 0.05) is 25.3 Å². The van der Waals surface area contributed by atoms with Crippen molar-refractivity contribution in [2.75, 3.05) is 18.5 Å². The van der Waals surface area contributed by atoms with Gasteiger partial charge in [0.25, 0.3) is 15.9 Å². The second-order valence-corrected chi connectivity index (χ2v) is 7.60. The molecular weight excluding hydrogens is 342 g/mol. The quantitative estimate of drug-likeness (QED) is 0.689. The molecule has 1 aromatic rings. The number of nitrogens with one attached hydrogen (secondary N) is 2. The van der Waals surface area contributed by atoms with Crippen LogP contribution in [0.2, 0.25) is 0 Å². The van der Waals surface area contributed by atoms with E-state index in [4.69, 9.17) is 4.74 Å². The van der Waals surface area contributed by atoms with Gasteiger partial charge in [0.1, 0.15) is 11.9 Å². The van der Waals surface area contributed by atoms with Crippen LogP contribution in [0.5, 0.6) is 0 Å². The van der Waals surface area contributed by atoms with Gasteiger partial charge in [0.15, 0.2) is 0 Å². The number of amides is 1. The predicted molar refractivity (Wildman–Crippen MR) is 97.3 cm³/mol. The minimum Gasteiger partial charge on any atom is -0.369 e. The van der Waals surface area contributed by atoms with Gasteiger partial charge >= 0.3 is 0 Å². The summed E-state index contributed by atoms with van der Waals surface area (Å²) in [6.45, 7) is 4.88. The molecule has 0 radical (unpaired) electrons. The molecule has 7 nitrogen and oxygen atoms in total. The van der Waals surface area contributed by atoms with E-state index in [2.05, 4.69) is 15.0 Å². The molecule has 2 rings (SSSR count). The van der Waals surface area contributed by atoms with E-state index in [1.807, 2.05) is 6.92 Å². The molecule has 2 N–H and O–H groups in total. The van der Waals surface area contributed by atoms with Gasteiger partial charge in [-0.3, -0.25) is 14.5 Å². The average Bonchev–Trinajstić information content (AvgIpc) is 3.07. The Morgan fingerprint density at radius 2 is 2.20 bits per heavy atom. The van der Waals surface area contributed by atoms with Crippen molar-refractivity contribution in [3.05, 3.63) is 24.3 Å². The van der Waals surface area contributed by atoms with Gasteiger partial charge in [-0.1, -0.05) is 19.4 Å². The van der Waals surface area contributed by atoms with Crippen LogP contribution < -0.4 is 10.0 Å². The molecule has 1 aliphatic heterocycles. The highest BCUT2D eigenvalue weighted by atomic mass is 32.2. The summed E-state index contributed by atoms with van der Waals surface area (Å²) in [5, 5.41) is 2.69. The molecule has 0 spiro atoms. The summed E-state index contributed by atoms with van der Waals surface area (Å²) in [6.07, 6.45) is 2.76. The van der Waals surface area contributed by atoms with Crippen LogP contribution in [0.4, 0.5) is 5.69 Å². The maximum absolute atomic E-state index is 12.4. The Labute approximate surface area is 148 Å².